The molecule has 3 heteroatoms. The first-order valence-corrected chi connectivity index (χ1v) is 7.32. The van der Waals surface area contributed by atoms with E-state index in [9.17, 15) is 0 Å². The maximum Gasteiger partial charge on any atom is 0.0606 e. The Morgan fingerprint density at radius 2 is 1.71 bits per heavy atom. The van der Waals surface area contributed by atoms with Gasteiger partial charge in [-0.05, 0) is 54.8 Å². The van der Waals surface area contributed by atoms with E-state index >= 15 is 0 Å². The number of hydrogen-bond acceptors (Lipinski definition) is 3. The van der Waals surface area contributed by atoms with Crippen LogP contribution in [0, 0.1) is 13.8 Å². The van der Waals surface area contributed by atoms with E-state index in [0.29, 0.717) is 6.54 Å². The van der Waals surface area contributed by atoms with Crippen LogP contribution >= 0.6 is 0 Å². The molecule has 0 heterocycles. The number of likely N-dealkylation sites (N-methyl/N-ethyl adjacent to an activating group) is 1. The first-order valence-electron chi connectivity index (χ1n) is 7.32. The quantitative estimate of drug-likeness (QED) is 0.854. The van der Waals surface area contributed by atoms with Crippen molar-refractivity contribution in [2.45, 2.75) is 20.4 Å². The number of anilines is 2. The van der Waals surface area contributed by atoms with Gasteiger partial charge in [-0.3, -0.25) is 0 Å². The normalized spacial score (nSPS) is 10.5. The van der Waals surface area contributed by atoms with Gasteiger partial charge in [0, 0.05) is 31.5 Å². The predicted octanol–water partition coefficient (Wildman–Crippen LogP) is 3.34. The molecule has 0 fully saturated rings. The highest BCUT2D eigenvalue weighted by molar-refractivity contribution is 5.55. The van der Waals surface area contributed by atoms with E-state index in [-0.39, 0.29) is 6.61 Å². The average Bonchev–Trinajstić information content (AvgIpc) is 2.49. The molecule has 0 saturated heterocycles. The van der Waals surface area contributed by atoms with E-state index in [2.05, 4.69) is 61.6 Å². The highest BCUT2D eigenvalue weighted by Gasteiger charge is 2.01. The van der Waals surface area contributed by atoms with Gasteiger partial charge in [-0.1, -0.05) is 18.2 Å². The average molecular weight is 284 g/mol. The maximum absolute atomic E-state index is 8.95. The number of aliphatic hydroxyl groups excluding tert-OH is 1. The van der Waals surface area contributed by atoms with Crippen LogP contribution in [-0.4, -0.2) is 25.3 Å². The third kappa shape index (κ3) is 4.23. The number of benzene rings is 2. The molecule has 0 saturated carbocycles. The molecule has 112 valence electrons. The molecule has 0 aliphatic carbocycles. The molecule has 21 heavy (non-hydrogen) atoms. The molecule has 0 amide bonds. The van der Waals surface area contributed by atoms with Gasteiger partial charge in [0.15, 0.2) is 0 Å². The molecule has 0 aliphatic heterocycles. The standard InChI is InChI=1S/C18H24N2O/c1-14-4-5-16(12-15(14)2)13-19-17-6-8-18(9-7-17)20(3)10-11-21/h4-9,12,19,21H,10-11,13H2,1-3H3. The van der Waals surface area contributed by atoms with Gasteiger partial charge in [-0.25, -0.2) is 0 Å². The second-order valence-corrected chi connectivity index (χ2v) is 5.46. The summed E-state index contributed by atoms with van der Waals surface area (Å²) < 4.78 is 0. The SMILES string of the molecule is Cc1ccc(CNc2ccc(N(C)CCO)cc2)cc1C. The lowest BCUT2D eigenvalue weighted by Gasteiger charge is -2.18. The number of aliphatic hydroxyl groups is 1. The minimum atomic E-state index is 0.170. The van der Waals surface area contributed by atoms with E-state index in [4.69, 9.17) is 5.11 Å². The van der Waals surface area contributed by atoms with Gasteiger partial charge in [0.1, 0.15) is 0 Å². The zero-order chi connectivity index (χ0) is 15.2. The second kappa shape index (κ2) is 7.14. The van der Waals surface area contributed by atoms with Gasteiger partial charge in [0.25, 0.3) is 0 Å². The molecule has 3 nitrogen and oxygen atoms in total. The van der Waals surface area contributed by atoms with Crippen LogP contribution in [0.15, 0.2) is 42.5 Å². The molecule has 0 aromatic heterocycles. The number of aryl methyl sites for hydroxylation is 2. The summed E-state index contributed by atoms with van der Waals surface area (Å²) >= 11 is 0. The van der Waals surface area contributed by atoms with E-state index in [1.165, 1.54) is 16.7 Å². The summed E-state index contributed by atoms with van der Waals surface area (Å²) in [6, 6.07) is 14.8. The lowest BCUT2D eigenvalue weighted by molar-refractivity contribution is 0.304. The van der Waals surface area contributed by atoms with E-state index in [0.717, 1.165) is 17.9 Å². The first-order chi connectivity index (χ1) is 10.1. The van der Waals surface area contributed by atoms with Crippen LogP contribution in [0.5, 0.6) is 0 Å². The molecule has 2 rings (SSSR count). The molecule has 2 aromatic rings. The summed E-state index contributed by atoms with van der Waals surface area (Å²) in [7, 11) is 1.98. The molecule has 0 bridgehead atoms. The smallest absolute Gasteiger partial charge is 0.0606 e. The summed E-state index contributed by atoms with van der Waals surface area (Å²) in [4.78, 5) is 2.03. The fraction of sp³-hybridized carbons (Fsp3) is 0.333. The van der Waals surface area contributed by atoms with Crippen LogP contribution in [0.1, 0.15) is 16.7 Å². The van der Waals surface area contributed by atoms with Crippen LogP contribution in [0.2, 0.25) is 0 Å². The van der Waals surface area contributed by atoms with Crippen molar-refractivity contribution in [2.75, 3.05) is 30.4 Å². The summed E-state index contributed by atoms with van der Waals surface area (Å²) in [6.07, 6.45) is 0. The first kappa shape index (κ1) is 15.4. The molecular formula is C18H24N2O. The Bertz CT molecular complexity index is 578. The van der Waals surface area contributed by atoms with E-state index in [1.54, 1.807) is 0 Å². The Kier molecular flexibility index (Phi) is 5.23. The molecule has 2 aromatic carbocycles. The van der Waals surface area contributed by atoms with Crippen LogP contribution in [0.3, 0.4) is 0 Å². The molecule has 0 aliphatic rings. The molecule has 2 N–H and O–H groups in total. The van der Waals surface area contributed by atoms with Gasteiger partial charge < -0.3 is 15.3 Å². The van der Waals surface area contributed by atoms with Gasteiger partial charge >= 0.3 is 0 Å². The van der Waals surface area contributed by atoms with Gasteiger partial charge in [0.2, 0.25) is 0 Å². The van der Waals surface area contributed by atoms with Crippen molar-refractivity contribution in [1.29, 1.82) is 0 Å². The third-order valence-electron chi connectivity index (χ3n) is 3.81. The van der Waals surface area contributed by atoms with Crippen molar-refractivity contribution in [1.82, 2.24) is 0 Å². The number of nitrogens with zero attached hydrogens (tertiary/aromatic N) is 1. The van der Waals surface area contributed by atoms with Crippen molar-refractivity contribution < 1.29 is 5.11 Å². The van der Waals surface area contributed by atoms with Crippen LogP contribution in [0.4, 0.5) is 11.4 Å². The fourth-order valence-corrected chi connectivity index (χ4v) is 2.23. The van der Waals surface area contributed by atoms with Gasteiger partial charge in [-0.2, -0.15) is 0 Å². The van der Waals surface area contributed by atoms with Crippen molar-refractivity contribution in [3.05, 3.63) is 59.2 Å². The molecule has 0 radical (unpaired) electrons. The minimum Gasteiger partial charge on any atom is -0.395 e. The summed E-state index contributed by atoms with van der Waals surface area (Å²) in [5, 5.41) is 12.4. The molecule has 0 unspecified atom stereocenters. The van der Waals surface area contributed by atoms with E-state index in [1.807, 2.05) is 11.9 Å². The van der Waals surface area contributed by atoms with Crippen LogP contribution in [-0.2, 0) is 6.54 Å². The highest BCUT2D eigenvalue weighted by Crippen LogP contribution is 2.18. The topological polar surface area (TPSA) is 35.5 Å². The highest BCUT2D eigenvalue weighted by atomic mass is 16.3. The van der Waals surface area contributed by atoms with Crippen molar-refractivity contribution >= 4 is 11.4 Å². The Labute approximate surface area is 127 Å². The Morgan fingerprint density at radius 1 is 1.00 bits per heavy atom. The van der Waals surface area contributed by atoms with Crippen molar-refractivity contribution in [3.8, 4) is 0 Å². The monoisotopic (exact) mass is 284 g/mol. The Hall–Kier alpha value is -2.00. The van der Waals surface area contributed by atoms with Crippen LogP contribution in [0.25, 0.3) is 0 Å². The summed E-state index contributed by atoms with van der Waals surface area (Å²) in [5.74, 6) is 0. The van der Waals surface area contributed by atoms with Crippen LogP contribution < -0.4 is 10.2 Å². The van der Waals surface area contributed by atoms with Gasteiger partial charge in [0.05, 0.1) is 6.61 Å². The lowest BCUT2D eigenvalue weighted by atomic mass is 10.1. The maximum atomic E-state index is 8.95. The molecular weight excluding hydrogens is 260 g/mol. The summed E-state index contributed by atoms with van der Waals surface area (Å²) in [5.41, 5.74) is 6.17. The largest absolute Gasteiger partial charge is 0.395 e. The second-order valence-electron chi connectivity index (χ2n) is 5.46. The molecule has 0 atom stereocenters. The number of hydrogen-bond donors (Lipinski definition) is 2. The van der Waals surface area contributed by atoms with Crippen molar-refractivity contribution in [3.63, 3.8) is 0 Å². The summed E-state index contributed by atoms with van der Waals surface area (Å²) in [6.45, 7) is 5.92. The number of rotatable bonds is 6. The fourth-order valence-electron chi connectivity index (χ4n) is 2.23. The Balaban J connectivity index is 1.95. The van der Waals surface area contributed by atoms with Crippen molar-refractivity contribution in [2.24, 2.45) is 0 Å². The lowest BCUT2D eigenvalue weighted by Crippen LogP contribution is -2.20. The minimum absolute atomic E-state index is 0.170. The Morgan fingerprint density at radius 3 is 2.33 bits per heavy atom. The predicted molar refractivity (Wildman–Crippen MR) is 90.0 cm³/mol. The number of nitrogens with one attached hydrogen (secondary N) is 1. The molecule has 0 spiro atoms. The third-order valence-corrected chi connectivity index (χ3v) is 3.81. The zero-order valence-electron chi connectivity index (χ0n) is 13.1. The zero-order valence-corrected chi connectivity index (χ0v) is 13.1. The van der Waals surface area contributed by atoms with Gasteiger partial charge in [-0.15, -0.1) is 0 Å². The van der Waals surface area contributed by atoms with E-state index < -0.39 is 0 Å².